The Hall–Kier alpha value is -0.300. The van der Waals surface area contributed by atoms with Crippen LogP contribution in [-0.2, 0) is 0 Å². The molecule has 0 saturated carbocycles. The van der Waals surface area contributed by atoms with Gasteiger partial charge in [-0.2, -0.15) is 0 Å². The van der Waals surface area contributed by atoms with Gasteiger partial charge >= 0.3 is 0 Å². The molecule has 0 spiro atoms. The summed E-state index contributed by atoms with van der Waals surface area (Å²) >= 11 is 0. The van der Waals surface area contributed by atoms with Crippen LogP contribution in [0.4, 0.5) is 0 Å². The van der Waals surface area contributed by atoms with Gasteiger partial charge < -0.3 is 15.1 Å². The van der Waals surface area contributed by atoms with Crippen LogP contribution in [0.5, 0.6) is 0 Å². The molecule has 0 aromatic carbocycles. The standard InChI is InChI=1S/C16H32N4.HI/c1-4-5-8-12-19(3)16(17-2)18-11-15-20-13-9-6-7-10-14-20;/h4H,1,5-15H2,2-3H3,(H,17,18);1H. The Morgan fingerprint density at radius 1 is 1.29 bits per heavy atom. The Labute approximate surface area is 148 Å². The van der Waals surface area contributed by atoms with E-state index in [0.29, 0.717) is 0 Å². The second-order valence-corrected chi connectivity index (χ2v) is 5.58. The summed E-state index contributed by atoms with van der Waals surface area (Å²) < 4.78 is 0. The second kappa shape index (κ2) is 13.4. The fourth-order valence-electron chi connectivity index (χ4n) is 2.65. The van der Waals surface area contributed by atoms with Crippen LogP contribution in [0.1, 0.15) is 38.5 Å². The number of guanidine groups is 1. The summed E-state index contributed by atoms with van der Waals surface area (Å²) in [6.07, 6.45) is 9.69. The van der Waals surface area contributed by atoms with Crippen molar-refractivity contribution in [2.24, 2.45) is 4.99 Å². The Morgan fingerprint density at radius 2 is 1.95 bits per heavy atom. The fourth-order valence-corrected chi connectivity index (χ4v) is 2.65. The molecule has 21 heavy (non-hydrogen) atoms. The maximum Gasteiger partial charge on any atom is 0.193 e. The smallest absolute Gasteiger partial charge is 0.193 e. The number of allylic oxidation sites excluding steroid dienone is 1. The minimum atomic E-state index is 0. The van der Waals surface area contributed by atoms with Crippen LogP contribution in [-0.4, -0.2) is 62.6 Å². The highest BCUT2D eigenvalue weighted by Crippen LogP contribution is 2.08. The first-order valence-electron chi connectivity index (χ1n) is 8.03. The van der Waals surface area contributed by atoms with Crippen LogP contribution < -0.4 is 5.32 Å². The summed E-state index contributed by atoms with van der Waals surface area (Å²) in [6.45, 7) is 9.41. The molecule has 4 nitrogen and oxygen atoms in total. The molecule has 5 heteroatoms. The van der Waals surface area contributed by atoms with E-state index in [4.69, 9.17) is 0 Å². The lowest BCUT2D eigenvalue weighted by molar-refractivity contribution is 0.288. The third kappa shape index (κ3) is 9.34. The van der Waals surface area contributed by atoms with Gasteiger partial charge in [-0.15, -0.1) is 30.6 Å². The van der Waals surface area contributed by atoms with Gasteiger partial charge in [0.15, 0.2) is 5.96 Å². The van der Waals surface area contributed by atoms with Gasteiger partial charge in [-0.25, -0.2) is 0 Å². The molecule has 1 rings (SSSR count). The Kier molecular flexibility index (Phi) is 13.2. The minimum Gasteiger partial charge on any atom is -0.355 e. The molecule has 0 aromatic rings. The average molecular weight is 408 g/mol. The Morgan fingerprint density at radius 3 is 2.52 bits per heavy atom. The first-order chi connectivity index (χ1) is 9.77. The van der Waals surface area contributed by atoms with E-state index in [1.807, 2.05) is 13.1 Å². The topological polar surface area (TPSA) is 30.9 Å². The lowest BCUT2D eigenvalue weighted by atomic mass is 10.2. The summed E-state index contributed by atoms with van der Waals surface area (Å²) in [5.74, 6) is 1.00. The molecule has 0 unspecified atom stereocenters. The highest BCUT2D eigenvalue weighted by atomic mass is 127. The van der Waals surface area contributed by atoms with E-state index in [-0.39, 0.29) is 24.0 Å². The van der Waals surface area contributed by atoms with Crippen molar-refractivity contribution < 1.29 is 0 Å². The molecule has 0 amide bonds. The lowest BCUT2D eigenvalue weighted by Crippen LogP contribution is -2.43. The molecule has 0 aromatic heterocycles. The number of nitrogens with zero attached hydrogens (tertiary/aromatic N) is 3. The van der Waals surface area contributed by atoms with Crippen molar-refractivity contribution in [2.45, 2.75) is 38.5 Å². The van der Waals surface area contributed by atoms with Crippen molar-refractivity contribution in [3.05, 3.63) is 12.7 Å². The van der Waals surface area contributed by atoms with Gasteiger partial charge in [0.1, 0.15) is 0 Å². The van der Waals surface area contributed by atoms with Crippen molar-refractivity contribution >= 4 is 29.9 Å². The van der Waals surface area contributed by atoms with E-state index in [9.17, 15) is 0 Å². The summed E-state index contributed by atoms with van der Waals surface area (Å²) in [7, 11) is 3.96. The molecule has 0 bridgehead atoms. The molecule has 1 aliphatic heterocycles. The number of halogens is 1. The summed E-state index contributed by atoms with van der Waals surface area (Å²) in [5.41, 5.74) is 0. The van der Waals surface area contributed by atoms with Crippen LogP contribution in [0, 0.1) is 0 Å². The van der Waals surface area contributed by atoms with E-state index >= 15 is 0 Å². The van der Waals surface area contributed by atoms with E-state index in [1.165, 1.54) is 38.8 Å². The van der Waals surface area contributed by atoms with Crippen molar-refractivity contribution in [1.82, 2.24) is 15.1 Å². The van der Waals surface area contributed by atoms with Gasteiger partial charge in [-0.1, -0.05) is 18.9 Å². The molecule has 124 valence electrons. The zero-order valence-electron chi connectivity index (χ0n) is 13.8. The van der Waals surface area contributed by atoms with E-state index < -0.39 is 0 Å². The van der Waals surface area contributed by atoms with Gasteiger partial charge in [0.25, 0.3) is 0 Å². The molecular weight excluding hydrogens is 375 g/mol. The largest absolute Gasteiger partial charge is 0.355 e. The van der Waals surface area contributed by atoms with Gasteiger partial charge in [0.2, 0.25) is 0 Å². The predicted molar refractivity (Wildman–Crippen MR) is 104 cm³/mol. The van der Waals surface area contributed by atoms with Crippen molar-refractivity contribution in [3.8, 4) is 0 Å². The number of likely N-dealkylation sites (tertiary alicyclic amines) is 1. The minimum absolute atomic E-state index is 0. The molecule has 0 atom stereocenters. The fraction of sp³-hybridized carbons (Fsp3) is 0.812. The Bertz CT molecular complexity index is 286. The maximum atomic E-state index is 4.35. The number of hydrogen-bond donors (Lipinski definition) is 1. The first-order valence-corrected chi connectivity index (χ1v) is 8.03. The van der Waals surface area contributed by atoms with Gasteiger partial charge in [0, 0.05) is 33.7 Å². The number of unbranched alkanes of at least 4 members (excludes halogenated alkanes) is 1. The van der Waals surface area contributed by atoms with Crippen LogP contribution in [0.3, 0.4) is 0 Å². The molecule has 1 N–H and O–H groups in total. The number of aliphatic imine (C=N–C) groups is 1. The van der Waals surface area contributed by atoms with Crippen molar-refractivity contribution in [1.29, 1.82) is 0 Å². The molecule has 1 heterocycles. The monoisotopic (exact) mass is 408 g/mol. The first kappa shape index (κ1) is 20.7. The molecule has 0 aliphatic carbocycles. The molecule has 1 aliphatic rings. The Balaban J connectivity index is 0.00000400. The third-order valence-corrected chi connectivity index (χ3v) is 3.88. The number of hydrogen-bond acceptors (Lipinski definition) is 2. The van der Waals surface area contributed by atoms with Crippen LogP contribution in [0.25, 0.3) is 0 Å². The van der Waals surface area contributed by atoms with Gasteiger partial charge in [-0.05, 0) is 38.8 Å². The average Bonchev–Trinajstić information content (AvgIpc) is 2.72. The van der Waals surface area contributed by atoms with Crippen LogP contribution in [0.15, 0.2) is 17.6 Å². The van der Waals surface area contributed by atoms with E-state index in [2.05, 4.69) is 33.7 Å². The highest BCUT2D eigenvalue weighted by Gasteiger charge is 2.09. The van der Waals surface area contributed by atoms with Crippen molar-refractivity contribution in [3.63, 3.8) is 0 Å². The van der Waals surface area contributed by atoms with Crippen molar-refractivity contribution in [2.75, 3.05) is 46.8 Å². The SMILES string of the molecule is C=CCCCN(C)C(=NC)NCCN1CCCCCC1.I. The van der Waals surface area contributed by atoms with Crippen LogP contribution >= 0.6 is 24.0 Å². The maximum absolute atomic E-state index is 4.35. The molecule has 1 fully saturated rings. The van der Waals surface area contributed by atoms with E-state index in [1.54, 1.807) is 0 Å². The van der Waals surface area contributed by atoms with Gasteiger partial charge in [0.05, 0.1) is 0 Å². The molecule has 1 saturated heterocycles. The zero-order chi connectivity index (χ0) is 14.6. The van der Waals surface area contributed by atoms with Gasteiger partial charge in [-0.3, -0.25) is 4.99 Å². The number of nitrogens with one attached hydrogen (secondary N) is 1. The second-order valence-electron chi connectivity index (χ2n) is 5.58. The zero-order valence-corrected chi connectivity index (χ0v) is 16.1. The van der Waals surface area contributed by atoms with Crippen LogP contribution in [0.2, 0.25) is 0 Å². The number of rotatable bonds is 7. The molecular formula is C16H33IN4. The quantitative estimate of drug-likeness (QED) is 0.231. The third-order valence-electron chi connectivity index (χ3n) is 3.88. The summed E-state index contributed by atoms with van der Waals surface area (Å²) in [4.78, 5) is 9.13. The molecule has 0 radical (unpaired) electrons. The summed E-state index contributed by atoms with van der Waals surface area (Å²) in [6, 6.07) is 0. The predicted octanol–water partition coefficient (Wildman–Crippen LogP) is 2.95. The normalized spacial score (nSPS) is 16.8. The van der Waals surface area contributed by atoms with E-state index in [0.717, 1.165) is 38.4 Å². The highest BCUT2D eigenvalue weighted by molar-refractivity contribution is 14.0. The lowest BCUT2D eigenvalue weighted by Gasteiger charge is -2.24. The summed E-state index contributed by atoms with van der Waals surface area (Å²) in [5, 5.41) is 3.47.